The van der Waals surface area contributed by atoms with E-state index >= 15 is 0 Å². The lowest BCUT2D eigenvalue weighted by molar-refractivity contribution is 0.455. The molecule has 0 saturated carbocycles. The molecule has 0 aromatic rings. The molecule has 2 aliphatic heterocycles. The van der Waals surface area contributed by atoms with E-state index in [9.17, 15) is 0 Å². The summed E-state index contributed by atoms with van der Waals surface area (Å²) in [7, 11) is 1.58. The van der Waals surface area contributed by atoms with Crippen LogP contribution in [0.25, 0.3) is 0 Å². The van der Waals surface area contributed by atoms with Crippen LogP contribution in [0.4, 0.5) is 0 Å². The number of hydrogen-bond acceptors (Lipinski definition) is 0. The number of hydrogen-bond donors (Lipinski definition) is 0. The number of allylic oxidation sites excluding steroid dienone is 1. The standard InChI is InChI=1S/C8H15B.C8H16/c1-3-7-5-2-6-8(4-1)9-7;1-3-5-7-8-6-4-2/h7-9H,1-6H2;3H,1,4-8H2,2H3. The van der Waals surface area contributed by atoms with Gasteiger partial charge in [-0.1, -0.05) is 82.4 Å². The summed E-state index contributed by atoms with van der Waals surface area (Å²) >= 11 is 0. The zero-order valence-corrected chi connectivity index (χ0v) is 11.9. The Bertz CT molecular complexity index is 168. The molecule has 0 aromatic heterocycles. The van der Waals surface area contributed by atoms with Gasteiger partial charge < -0.3 is 0 Å². The van der Waals surface area contributed by atoms with Gasteiger partial charge in [-0.15, -0.1) is 6.58 Å². The number of rotatable bonds is 5. The van der Waals surface area contributed by atoms with E-state index in [4.69, 9.17) is 0 Å². The van der Waals surface area contributed by atoms with Crippen molar-refractivity contribution < 1.29 is 0 Å². The third-order valence-corrected chi connectivity index (χ3v) is 4.38. The van der Waals surface area contributed by atoms with E-state index in [0.717, 1.165) is 11.6 Å². The molecule has 0 unspecified atom stereocenters. The summed E-state index contributed by atoms with van der Waals surface area (Å²) < 4.78 is 0. The molecule has 0 nitrogen and oxygen atoms in total. The minimum atomic E-state index is 1.15. The van der Waals surface area contributed by atoms with E-state index in [2.05, 4.69) is 13.5 Å². The normalized spacial score (nSPS) is 26.4. The van der Waals surface area contributed by atoms with Crippen molar-refractivity contribution in [2.45, 2.75) is 89.2 Å². The van der Waals surface area contributed by atoms with Crippen molar-refractivity contribution in [1.82, 2.24) is 0 Å². The lowest BCUT2D eigenvalue weighted by Crippen LogP contribution is -2.21. The van der Waals surface area contributed by atoms with Crippen molar-refractivity contribution >= 4 is 7.28 Å². The molecule has 17 heavy (non-hydrogen) atoms. The fourth-order valence-electron chi connectivity index (χ4n) is 3.34. The van der Waals surface area contributed by atoms with Gasteiger partial charge >= 0.3 is 0 Å². The van der Waals surface area contributed by atoms with Gasteiger partial charge in [0.2, 0.25) is 0 Å². The smallest absolute Gasteiger partial charge is 0.103 e. The van der Waals surface area contributed by atoms with E-state index in [1.165, 1.54) is 44.9 Å². The first kappa shape index (κ1) is 14.9. The Morgan fingerprint density at radius 1 is 1.00 bits per heavy atom. The molecule has 0 N–H and O–H groups in total. The summed E-state index contributed by atoms with van der Waals surface area (Å²) in [5, 5.41) is 0. The largest absolute Gasteiger partial charge is 0.127 e. The molecule has 0 atom stereocenters. The van der Waals surface area contributed by atoms with E-state index in [1.54, 1.807) is 33.0 Å². The topological polar surface area (TPSA) is 0 Å². The molecular formula is C16H31B. The second-order valence-corrected chi connectivity index (χ2v) is 5.97. The Morgan fingerprint density at radius 2 is 1.59 bits per heavy atom. The molecule has 2 heterocycles. The summed E-state index contributed by atoms with van der Waals surface area (Å²) in [6.45, 7) is 5.89. The molecular weight excluding hydrogens is 203 g/mol. The molecule has 98 valence electrons. The zero-order valence-electron chi connectivity index (χ0n) is 11.9. The molecule has 0 amide bonds. The van der Waals surface area contributed by atoms with E-state index in [0.29, 0.717) is 0 Å². The van der Waals surface area contributed by atoms with Crippen molar-refractivity contribution in [2.75, 3.05) is 0 Å². The van der Waals surface area contributed by atoms with Crippen molar-refractivity contribution in [2.24, 2.45) is 0 Å². The Kier molecular flexibility index (Phi) is 8.57. The molecule has 0 spiro atoms. The lowest BCUT2D eigenvalue weighted by atomic mass is 9.44. The van der Waals surface area contributed by atoms with E-state index in [-0.39, 0.29) is 0 Å². The number of fused-ring (bicyclic) bond motifs is 2. The van der Waals surface area contributed by atoms with E-state index < -0.39 is 0 Å². The van der Waals surface area contributed by atoms with Crippen LogP contribution in [0.3, 0.4) is 0 Å². The van der Waals surface area contributed by atoms with Crippen LogP contribution in [0.1, 0.15) is 77.6 Å². The Labute approximate surface area is 110 Å². The highest BCUT2D eigenvalue weighted by molar-refractivity contribution is 6.40. The first-order chi connectivity index (χ1) is 8.36. The molecule has 0 aromatic carbocycles. The molecule has 2 bridgehead atoms. The van der Waals surface area contributed by atoms with Gasteiger partial charge in [-0.2, -0.15) is 0 Å². The quantitative estimate of drug-likeness (QED) is 0.334. The summed E-state index contributed by atoms with van der Waals surface area (Å²) in [5.74, 6) is 2.30. The monoisotopic (exact) mass is 234 g/mol. The van der Waals surface area contributed by atoms with Crippen LogP contribution < -0.4 is 0 Å². The minimum absolute atomic E-state index is 1.15. The lowest BCUT2D eigenvalue weighted by Gasteiger charge is -2.32. The van der Waals surface area contributed by atoms with Gasteiger partial charge in [-0.25, -0.2) is 0 Å². The van der Waals surface area contributed by atoms with Crippen LogP contribution in [-0.4, -0.2) is 7.28 Å². The Morgan fingerprint density at radius 3 is 2.00 bits per heavy atom. The van der Waals surface area contributed by atoms with Crippen molar-refractivity contribution in [3.63, 3.8) is 0 Å². The average molecular weight is 234 g/mol. The van der Waals surface area contributed by atoms with Crippen molar-refractivity contribution in [3.8, 4) is 0 Å². The summed E-state index contributed by atoms with van der Waals surface area (Å²) in [6.07, 6.45) is 17.9. The van der Waals surface area contributed by atoms with Crippen molar-refractivity contribution in [3.05, 3.63) is 12.7 Å². The van der Waals surface area contributed by atoms with Gasteiger partial charge in [0.05, 0.1) is 0 Å². The average Bonchev–Trinajstić information content (AvgIpc) is 2.36. The van der Waals surface area contributed by atoms with Gasteiger partial charge in [0, 0.05) is 0 Å². The maximum atomic E-state index is 3.66. The minimum Gasteiger partial charge on any atom is -0.103 e. The second-order valence-electron chi connectivity index (χ2n) is 5.97. The predicted molar refractivity (Wildman–Crippen MR) is 81.3 cm³/mol. The first-order valence-electron chi connectivity index (χ1n) is 7.97. The Balaban J connectivity index is 0.000000172. The zero-order chi connectivity index (χ0) is 12.3. The highest BCUT2D eigenvalue weighted by Gasteiger charge is 2.26. The van der Waals surface area contributed by atoms with Gasteiger partial charge in [0.1, 0.15) is 7.28 Å². The summed E-state index contributed by atoms with van der Waals surface area (Å²) in [5.41, 5.74) is 0. The summed E-state index contributed by atoms with van der Waals surface area (Å²) in [6, 6.07) is 0. The third kappa shape index (κ3) is 6.96. The number of unbranched alkanes of at least 4 members (excludes halogenated alkanes) is 4. The molecule has 1 heteroatoms. The molecule has 2 fully saturated rings. The summed E-state index contributed by atoms with van der Waals surface area (Å²) in [4.78, 5) is 0. The van der Waals surface area contributed by atoms with Crippen molar-refractivity contribution in [1.29, 1.82) is 0 Å². The fraction of sp³-hybridized carbons (Fsp3) is 0.875. The van der Waals surface area contributed by atoms with Crippen LogP contribution in [0.5, 0.6) is 0 Å². The molecule has 2 aliphatic rings. The predicted octanol–water partition coefficient (Wildman–Crippen LogP) is 5.51. The fourth-order valence-corrected chi connectivity index (χ4v) is 3.34. The molecule has 2 rings (SSSR count). The maximum absolute atomic E-state index is 3.66. The SMILES string of the molecule is B1C2CCCC1CCC2.C=CCCCCCC. The van der Waals surface area contributed by atoms with Crippen LogP contribution in [-0.2, 0) is 0 Å². The van der Waals surface area contributed by atoms with Crippen LogP contribution in [0.15, 0.2) is 12.7 Å². The Hall–Kier alpha value is -0.195. The van der Waals surface area contributed by atoms with Crippen LogP contribution >= 0.6 is 0 Å². The molecule has 0 radical (unpaired) electrons. The van der Waals surface area contributed by atoms with Gasteiger partial charge in [-0.3, -0.25) is 0 Å². The van der Waals surface area contributed by atoms with Crippen LogP contribution in [0, 0.1) is 0 Å². The van der Waals surface area contributed by atoms with Gasteiger partial charge in [0.15, 0.2) is 0 Å². The first-order valence-corrected chi connectivity index (χ1v) is 7.97. The van der Waals surface area contributed by atoms with E-state index in [1.807, 2.05) is 6.08 Å². The molecule has 0 aliphatic carbocycles. The second kappa shape index (κ2) is 9.80. The third-order valence-electron chi connectivity index (χ3n) is 4.38. The maximum Gasteiger partial charge on any atom is 0.127 e. The van der Waals surface area contributed by atoms with Crippen LogP contribution in [0.2, 0.25) is 11.6 Å². The molecule has 2 saturated heterocycles. The highest BCUT2D eigenvalue weighted by Crippen LogP contribution is 2.40. The van der Waals surface area contributed by atoms with Gasteiger partial charge in [0.25, 0.3) is 0 Å². The highest BCUT2D eigenvalue weighted by atomic mass is 14.2. The van der Waals surface area contributed by atoms with Gasteiger partial charge in [-0.05, 0) is 12.8 Å².